The lowest BCUT2D eigenvalue weighted by atomic mass is 9.88. The molecule has 1 heterocycles. The number of carbonyl (C=O) groups is 3. The highest BCUT2D eigenvalue weighted by Crippen LogP contribution is 2.16. The number of amides is 1. The molecular formula is C7H10N2O5. The number of carboxylic acid groups (broad SMARTS) is 2. The zero-order chi connectivity index (χ0) is 10.9. The van der Waals surface area contributed by atoms with Crippen molar-refractivity contribution in [2.45, 2.75) is 18.5 Å². The van der Waals surface area contributed by atoms with Gasteiger partial charge in [-0.3, -0.25) is 9.59 Å². The molecule has 7 nitrogen and oxygen atoms in total. The number of carbonyl (C=O) groups excluding carboxylic acids is 1. The maximum absolute atomic E-state index is 11.1. The van der Waals surface area contributed by atoms with Crippen LogP contribution in [0.15, 0.2) is 0 Å². The zero-order valence-corrected chi connectivity index (χ0v) is 7.14. The average molecular weight is 202 g/mol. The summed E-state index contributed by atoms with van der Waals surface area (Å²) in [6.07, 6.45) is -0.183. The van der Waals surface area contributed by atoms with Gasteiger partial charge in [0, 0.05) is 0 Å². The molecule has 1 rings (SSSR count). The van der Waals surface area contributed by atoms with Crippen LogP contribution in [0.1, 0.15) is 6.42 Å². The van der Waals surface area contributed by atoms with Gasteiger partial charge in [-0.05, 0) is 6.42 Å². The van der Waals surface area contributed by atoms with Crippen LogP contribution in [0.2, 0.25) is 0 Å². The molecule has 1 saturated heterocycles. The van der Waals surface area contributed by atoms with Gasteiger partial charge in [0.15, 0.2) is 0 Å². The van der Waals surface area contributed by atoms with E-state index in [2.05, 4.69) is 5.32 Å². The number of nitrogens with two attached hydrogens (primary N) is 1. The maximum Gasteiger partial charge on any atom is 0.326 e. The molecule has 0 aromatic heterocycles. The Labute approximate surface area is 78.9 Å². The number of piperidine rings is 1. The molecule has 0 saturated carbocycles. The average Bonchev–Trinajstić information content (AvgIpc) is 2.08. The highest BCUT2D eigenvalue weighted by molar-refractivity contribution is 5.92. The molecular weight excluding hydrogens is 192 g/mol. The second-order valence-corrected chi connectivity index (χ2v) is 3.11. The van der Waals surface area contributed by atoms with E-state index in [0.29, 0.717) is 0 Å². The Morgan fingerprint density at radius 1 is 1.36 bits per heavy atom. The van der Waals surface area contributed by atoms with Crippen LogP contribution in [0.25, 0.3) is 0 Å². The van der Waals surface area contributed by atoms with Gasteiger partial charge in [0.2, 0.25) is 5.91 Å². The number of hydrogen-bond donors (Lipinski definition) is 4. The molecule has 78 valence electrons. The van der Waals surface area contributed by atoms with E-state index in [1.54, 1.807) is 0 Å². The Morgan fingerprint density at radius 2 is 1.93 bits per heavy atom. The quantitative estimate of drug-likeness (QED) is 0.409. The summed E-state index contributed by atoms with van der Waals surface area (Å²) in [6, 6.07) is -2.34. The number of carboxylic acids is 2. The van der Waals surface area contributed by atoms with Gasteiger partial charge < -0.3 is 21.3 Å². The third kappa shape index (κ3) is 1.82. The van der Waals surface area contributed by atoms with Crippen molar-refractivity contribution in [2.24, 2.45) is 11.7 Å². The van der Waals surface area contributed by atoms with Crippen LogP contribution in [-0.4, -0.2) is 40.1 Å². The SMILES string of the molecule is NC1C(=O)N[C@H](C(=O)O)CC1C(=O)O. The highest BCUT2D eigenvalue weighted by atomic mass is 16.4. The summed E-state index contributed by atoms with van der Waals surface area (Å²) in [6.45, 7) is 0. The molecule has 14 heavy (non-hydrogen) atoms. The summed E-state index contributed by atoms with van der Waals surface area (Å²) in [5, 5.41) is 19.4. The van der Waals surface area contributed by atoms with E-state index in [-0.39, 0.29) is 6.42 Å². The van der Waals surface area contributed by atoms with Gasteiger partial charge in [-0.15, -0.1) is 0 Å². The predicted molar refractivity (Wildman–Crippen MR) is 43.3 cm³/mol. The van der Waals surface area contributed by atoms with Crippen molar-refractivity contribution >= 4 is 17.8 Å². The fourth-order valence-corrected chi connectivity index (χ4v) is 1.33. The van der Waals surface area contributed by atoms with Crippen LogP contribution in [0.4, 0.5) is 0 Å². The van der Waals surface area contributed by atoms with Crippen LogP contribution in [0.3, 0.4) is 0 Å². The van der Waals surface area contributed by atoms with Crippen molar-refractivity contribution in [3.05, 3.63) is 0 Å². The molecule has 0 aliphatic carbocycles. The molecule has 0 radical (unpaired) electrons. The first kappa shape index (κ1) is 10.5. The van der Waals surface area contributed by atoms with Crippen molar-refractivity contribution in [1.29, 1.82) is 0 Å². The molecule has 0 bridgehead atoms. The van der Waals surface area contributed by atoms with Gasteiger partial charge in [0.25, 0.3) is 0 Å². The summed E-state index contributed by atoms with van der Waals surface area (Å²) >= 11 is 0. The van der Waals surface area contributed by atoms with Crippen molar-refractivity contribution in [1.82, 2.24) is 5.32 Å². The van der Waals surface area contributed by atoms with E-state index in [9.17, 15) is 14.4 Å². The fourth-order valence-electron chi connectivity index (χ4n) is 1.33. The van der Waals surface area contributed by atoms with Crippen LogP contribution < -0.4 is 11.1 Å². The number of nitrogens with one attached hydrogen (secondary N) is 1. The molecule has 3 atom stereocenters. The second-order valence-electron chi connectivity index (χ2n) is 3.11. The Bertz CT molecular complexity index is 290. The molecule has 1 aliphatic heterocycles. The fraction of sp³-hybridized carbons (Fsp3) is 0.571. The van der Waals surface area contributed by atoms with Gasteiger partial charge in [-0.2, -0.15) is 0 Å². The Hall–Kier alpha value is -1.63. The van der Waals surface area contributed by atoms with Crippen LogP contribution >= 0.6 is 0 Å². The minimum atomic E-state index is -1.25. The van der Waals surface area contributed by atoms with Gasteiger partial charge in [0.05, 0.1) is 12.0 Å². The summed E-state index contributed by atoms with van der Waals surface area (Å²) in [7, 11) is 0. The van der Waals surface area contributed by atoms with Crippen LogP contribution in [-0.2, 0) is 14.4 Å². The lowest BCUT2D eigenvalue weighted by Gasteiger charge is -2.29. The predicted octanol–water partition coefficient (Wildman–Crippen LogP) is -2.01. The van der Waals surface area contributed by atoms with Crippen molar-refractivity contribution in [2.75, 3.05) is 0 Å². The number of hydrogen-bond acceptors (Lipinski definition) is 4. The van der Waals surface area contributed by atoms with E-state index >= 15 is 0 Å². The van der Waals surface area contributed by atoms with Gasteiger partial charge in [0.1, 0.15) is 6.04 Å². The molecule has 5 N–H and O–H groups in total. The van der Waals surface area contributed by atoms with Gasteiger partial charge in [-0.25, -0.2) is 4.79 Å². The van der Waals surface area contributed by atoms with Crippen molar-refractivity contribution in [3.8, 4) is 0 Å². The zero-order valence-electron chi connectivity index (χ0n) is 7.14. The summed E-state index contributed by atoms with van der Waals surface area (Å²) in [5.74, 6) is -4.38. The molecule has 7 heteroatoms. The summed E-state index contributed by atoms with van der Waals surface area (Å²) < 4.78 is 0. The molecule has 1 aliphatic rings. The second kappa shape index (κ2) is 3.62. The van der Waals surface area contributed by atoms with Crippen LogP contribution in [0, 0.1) is 5.92 Å². The van der Waals surface area contributed by atoms with E-state index in [4.69, 9.17) is 15.9 Å². The third-order valence-electron chi connectivity index (χ3n) is 2.16. The summed E-state index contributed by atoms with van der Waals surface area (Å²) in [5.41, 5.74) is 5.30. The van der Waals surface area contributed by atoms with Gasteiger partial charge >= 0.3 is 11.9 Å². The molecule has 0 spiro atoms. The summed E-state index contributed by atoms with van der Waals surface area (Å²) in [4.78, 5) is 32.2. The van der Waals surface area contributed by atoms with E-state index in [0.717, 1.165) is 0 Å². The van der Waals surface area contributed by atoms with Crippen LogP contribution in [0.5, 0.6) is 0 Å². The Kier molecular flexibility index (Phi) is 2.70. The lowest BCUT2D eigenvalue weighted by molar-refractivity contribution is -0.151. The molecule has 1 amide bonds. The number of rotatable bonds is 2. The smallest absolute Gasteiger partial charge is 0.326 e. The van der Waals surface area contributed by atoms with Crippen molar-refractivity contribution in [3.63, 3.8) is 0 Å². The molecule has 0 aromatic rings. The third-order valence-corrected chi connectivity index (χ3v) is 2.16. The van der Waals surface area contributed by atoms with E-state index in [1.165, 1.54) is 0 Å². The highest BCUT2D eigenvalue weighted by Gasteiger charge is 2.40. The van der Waals surface area contributed by atoms with Crippen molar-refractivity contribution < 1.29 is 24.6 Å². The first-order valence-corrected chi connectivity index (χ1v) is 3.95. The molecule has 0 aromatic carbocycles. The number of aliphatic carboxylic acids is 2. The topological polar surface area (TPSA) is 130 Å². The monoisotopic (exact) mass is 202 g/mol. The van der Waals surface area contributed by atoms with Gasteiger partial charge in [-0.1, -0.05) is 0 Å². The first-order chi connectivity index (χ1) is 6.43. The minimum absolute atomic E-state index is 0.183. The normalized spacial score (nSPS) is 32.1. The molecule has 2 unspecified atom stereocenters. The standard InChI is InChI=1S/C7H10N2O5/c8-4-2(6(11)12)1-3(7(13)14)9-5(4)10/h2-4H,1,8H2,(H,9,10)(H,11,12)(H,13,14)/t2?,3-,4?/m0/s1. The Balaban J connectivity index is 2.81. The first-order valence-electron chi connectivity index (χ1n) is 3.95. The largest absolute Gasteiger partial charge is 0.481 e. The minimum Gasteiger partial charge on any atom is -0.481 e. The lowest BCUT2D eigenvalue weighted by Crippen LogP contribution is -2.59. The van der Waals surface area contributed by atoms with E-state index < -0.39 is 35.8 Å². The Morgan fingerprint density at radius 3 is 2.36 bits per heavy atom. The molecule has 1 fully saturated rings. The maximum atomic E-state index is 11.1. The van der Waals surface area contributed by atoms with E-state index in [1.807, 2.05) is 0 Å².